The lowest BCUT2D eigenvalue weighted by atomic mass is 10.1. The first kappa shape index (κ1) is 13.8. The highest BCUT2D eigenvalue weighted by Gasteiger charge is 2.38. The Balaban J connectivity index is 2.00. The molecule has 2 aliphatic heterocycles. The lowest BCUT2D eigenvalue weighted by Gasteiger charge is -2.30. The molecule has 0 saturated carbocycles. The number of likely N-dealkylation sites (N-methyl/N-ethyl adjacent to an activating group) is 1. The molecular weight excluding hydrogens is 226 g/mol. The maximum absolute atomic E-state index is 12.2. The standard InChI is InChI=1S/C14H27N3O/c1-10(2)8-13-15-11(3)14(18)17(13)9-12-6-5-7-16(12)4/h10-13,15H,5-9H2,1-4H3. The molecule has 0 radical (unpaired) electrons. The Kier molecular flexibility index (Phi) is 4.28. The number of hydrogen-bond donors (Lipinski definition) is 1. The highest BCUT2D eigenvalue weighted by molar-refractivity contribution is 5.83. The van der Waals surface area contributed by atoms with E-state index in [0.29, 0.717) is 12.0 Å². The average molecular weight is 253 g/mol. The van der Waals surface area contributed by atoms with E-state index in [9.17, 15) is 4.79 Å². The maximum atomic E-state index is 12.2. The third-order valence-corrected chi connectivity index (χ3v) is 4.25. The van der Waals surface area contributed by atoms with E-state index in [0.717, 1.165) is 13.0 Å². The molecule has 2 aliphatic rings. The van der Waals surface area contributed by atoms with E-state index < -0.39 is 0 Å². The summed E-state index contributed by atoms with van der Waals surface area (Å²) in [5.41, 5.74) is 0. The van der Waals surface area contributed by atoms with Crippen LogP contribution in [0.15, 0.2) is 0 Å². The fourth-order valence-corrected chi connectivity index (χ4v) is 3.15. The van der Waals surface area contributed by atoms with Crippen LogP contribution in [0.3, 0.4) is 0 Å². The number of hydrogen-bond acceptors (Lipinski definition) is 3. The van der Waals surface area contributed by atoms with Crippen LogP contribution in [0, 0.1) is 5.92 Å². The zero-order valence-electron chi connectivity index (χ0n) is 12.1. The van der Waals surface area contributed by atoms with Crippen molar-refractivity contribution in [1.29, 1.82) is 0 Å². The minimum Gasteiger partial charge on any atom is -0.324 e. The number of nitrogens with one attached hydrogen (secondary N) is 1. The number of rotatable bonds is 4. The first-order valence-corrected chi connectivity index (χ1v) is 7.25. The van der Waals surface area contributed by atoms with Crippen LogP contribution in [0.1, 0.15) is 40.0 Å². The Morgan fingerprint density at radius 1 is 1.44 bits per heavy atom. The predicted molar refractivity (Wildman–Crippen MR) is 73.2 cm³/mol. The monoisotopic (exact) mass is 253 g/mol. The SMILES string of the molecule is CC(C)CC1NC(C)C(=O)N1CC1CCCN1C. The van der Waals surface area contributed by atoms with E-state index in [1.807, 2.05) is 6.92 Å². The van der Waals surface area contributed by atoms with E-state index in [-0.39, 0.29) is 18.1 Å². The molecule has 2 rings (SSSR count). The van der Waals surface area contributed by atoms with Gasteiger partial charge in [0.15, 0.2) is 0 Å². The lowest BCUT2D eigenvalue weighted by molar-refractivity contribution is -0.130. The van der Waals surface area contributed by atoms with Gasteiger partial charge in [-0.1, -0.05) is 13.8 Å². The van der Waals surface area contributed by atoms with Gasteiger partial charge < -0.3 is 9.80 Å². The summed E-state index contributed by atoms with van der Waals surface area (Å²) in [5, 5.41) is 3.43. The molecule has 104 valence electrons. The normalized spacial score (nSPS) is 33.9. The maximum Gasteiger partial charge on any atom is 0.240 e. The van der Waals surface area contributed by atoms with Gasteiger partial charge in [0.1, 0.15) is 0 Å². The molecule has 1 N–H and O–H groups in total. The fourth-order valence-electron chi connectivity index (χ4n) is 3.15. The van der Waals surface area contributed by atoms with Crippen LogP contribution >= 0.6 is 0 Å². The zero-order valence-corrected chi connectivity index (χ0v) is 12.1. The molecule has 2 heterocycles. The predicted octanol–water partition coefficient (Wildman–Crippen LogP) is 1.27. The largest absolute Gasteiger partial charge is 0.324 e. The van der Waals surface area contributed by atoms with Crippen molar-refractivity contribution < 1.29 is 4.79 Å². The molecule has 18 heavy (non-hydrogen) atoms. The number of carbonyl (C=O) groups is 1. The summed E-state index contributed by atoms with van der Waals surface area (Å²) in [4.78, 5) is 16.7. The van der Waals surface area contributed by atoms with Gasteiger partial charge in [-0.05, 0) is 45.7 Å². The van der Waals surface area contributed by atoms with Crippen LogP contribution in [-0.2, 0) is 4.79 Å². The molecule has 0 bridgehead atoms. The zero-order chi connectivity index (χ0) is 13.3. The summed E-state index contributed by atoms with van der Waals surface area (Å²) in [7, 11) is 2.17. The summed E-state index contributed by atoms with van der Waals surface area (Å²) in [5.74, 6) is 0.894. The summed E-state index contributed by atoms with van der Waals surface area (Å²) in [6, 6.07) is 0.538. The molecule has 0 spiro atoms. The minimum absolute atomic E-state index is 0.0135. The molecule has 3 atom stereocenters. The van der Waals surface area contributed by atoms with Gasteiger partial charge in [0.25, 0.3) is 0 Å². The van der Waals surface area contributed by atoms with Gasteiger partial charge in [-0.3, -0.25) is 10.1 Å². The van der Waals surface area contributed by atoms with Crippen LogP contribution in [0.5, 0.6) is 0 Å². The quantitative estimate of drug-likeness (QED) is 0.819. The molecule has 2 saturated heterocycles. The number of carbonyl (C=O) groups excluding carboxylic acids is 1. The number of likely N-dealkylation sites (tertiary alicyclic amines) is 1. The molecule has 0 aromatic rings. The van der Waals surface area contributed by atoms with Gasteiger partial charge in [0, 0.05) is 12.6 Å². The Labute approximate surface area is 111 Å². The summed E-state index contributed by atoms with van der Waals surface area (Å²) in [6.45, 7) is 8.48. The van der Waals surface area contributed by atoms with E-state index in [2.05, 4.69) is 36.0 Å². The molecular formula is C14H27N3O. The van der Waals surface area contributed by atoms with E-state index in [4.69, 9.17) is 0 Å². The van der Waals surface area contributed by atoms with Crippen LogP contribution in [-0.4, -0.2) is 54.1 Å². The smallest absolute Gasteiger partial charge is 0.240 e. The van der Waals surface area contributed by atoms with E-state index in [1.54, 1.807) is 0 Å². The highest BCUT2D eigenvalue weighted by atomic mass is 16.2. The van der Waals surface area contributed by atoms with Crippen LogP contribution in [0.4, 0.5) is 0 Å². The Morgan fingerprint density at radius 3 is 2.72 bits per heavy atom. The molecule has 0 aliphatic carbocycles. The van der Waals surface area contributed by atoms with Crippen LogP contribution in [0.25, 0.3) is 0 Å². The summed E-state index contributed by atoms with van der Waals surface area (Å²) >= 11 is 0. The van der Waals surface area contributed by atoms with Crippen molar-refractivity contribution in [2.75, 3.05) is 20.1 Å². The summed E-state index contributed by atoms with van der Waals surface area (Å²) < 4.78 is 0. The molecule has 4 heteroatoms. The Morgan fingerprint density at radius 2 is 2.17 bits per heavy atom. The summed E-state index contributed by atoms with van der Waals surface area (Å²) in [6.07, 6.45) is 3.78. The van der Waals surface area contributed by atoms with Crippen molar-refractivity contribution in [2.24, 2.45) is 5.92 Å². The molecule has 3 unspecified atom stereocenters. The molecule has 0 aromatic carbocycles. The van der Waals surface area contributed by atoms with Gasteiger partial charge in [-0.15, -0.1) is 0 Å². The molecule has 0 aromatic heterocycles. The third kappa shape index (κ3) is 2.86. The topological polar surface area (TPSA) is 35.6 Å². The van der Waals surface area contributed by atoms with Gasteiger partial charge >= 0.3 is 0 Å². The van der Waals surface area contributed by atoms with Crippen molar-refractivity contribution in [3.63, 3.8) is 0 Å². The second kappa shape index (κ2) is 5.57. The van der Waals surface area contributed by atoms with Crippen molar-refractivity contribution >= 4 is 5.91 Å². The average Bonchev–Trinajstić information content (AvgIpc) is 2.78. The lowest BCUT2D eigenvalue weighted by Crippen LogP contribution is -2.45. The second-order valence-corrected chi connectivity index (χ2v) is 6.30. The Hall–Kier alpha value is -0.610. The number of amides is 1. The van der Waals surface area contributed by atoms with Crippen LogP contribution < -0.4 is 5.32 Å². The first-order chi connectivity index (χ1) is 8.49. The molecule has 1 amide bonds. The minimum atomic E-state index is -0.0135. The van der Waals surface area contributed by atoms with Crippen molar-refractivity contribution in [3.05, 3.63) is 0 Å². The highest BCUT2D eigenvalue weighted by Crippen LogP contribution is 2.22. The van der Waals surface area contributed by atoms with Gasteiger partial charge in [-0.25, -0.2) is 0 Å². The van der Waals surface area contributed by atoms with Crippen molar-refractivity contribution in [2.45, 2.75) is 58.3 Å². The van der Waals surface area contributed by atoms with E-state index in [1.165, 1.54) is 19.4 Å². The third-order valence-electron chi connectivity index (χ3n) is 4.25. The van der Waals surface area contributed by atoms with Gasteiger partial charge in [0.2, 0.25) is 5.91 Å². The van der Waals surface area contributed by atoms with Crippen LogP contribution in [0.2, 0.25) is 0 Å². The van der Waals surface area contributed by atoms with Crippen molar-refractivity contribution in [1.82, 2.24) is 15.1 Å². The van der Waals surface area contributed by atoms with E-state index >= 15 is 0 Å². The molecule has 4 nitrogen and oxygen atoms in total. The fraction of sp³-hybridized carbons (Fsp3) is 0.929. The first-order valence-electron chi connectivity index (χ1n) is 7.25. The number of nitrogens with zero attached hydrogens (tertiary/aromatic N) is 2. The van der Waals surface area contributed by atoms with Crippen molar-refractivity contribution in [3.8, 4) is 0 Å². The second-order valence-electron chi connectivity index (χ2n) is 6.30. The van der Waals surface area contributed by atoms with Gasteiger partial charge in [-0.2, -0.15) is 0 Å². The Bertz CT molecular complexity index is 305. The molecule has 2 fully saturated rings. The van der Waals surface area contributed by atoms with Gasteiger partial charge in [0.05, 0.1) is 12.2 Å².